The zero-order valence-electron chi connectivity index (χ0n) is 14.6. The molecule has 0 saturated heterocycles. The van der Waals surface area contributed by atoms with Crippen LogP contribution in [0.3, 0.4) is 0 Å². The Kier molecular flexibility index (Phi) is 3.81. The number of allylic oxidation sites excluding steroid dienone is 1. The summed E-state index contributed by atoms with van der Waals surface area (Å²) in [5, 5.41) is 0. The first-order valence-corrected chi connectivity index (χ1v) is 9.02. The standard InChI is InChI=1S/C21H26S/c1-13(2)16-11-18-19(12-16)22-14(3)20(18)15-7-9-17(10-8-15)21(4,5)6/h7-11,13H,12H2,1-6H3. The fourth-order valence-corrected chi connectivity index (χ4v) is 4.40. The Morgan fingerprint density at radius 2 is 1.68 bits per heavy atom. The van der Waals surface area contributed by atoms with Crippen molar-refractivity contribution in [1.82, 2.24) is 0 Å². The van der Waals surface area contributed by atoms with Crippen LogP contribution < -0.4 is 0 Å². The molecule has 1 aliphatic rings. The Morgan fingerprint density at radius 3 is 2.23 bits per heavy atom. The number of benzene rings is 1. The summed E-state index contributed by atoms with van der Waals surface area (Å²) in [5.41, 5.74) is 7.50. The van der Waals surface area contributed by atoms with Crippen LogP contribution in [0.1, 0.15) is 55.5 Å². The molecule has 0 aliphatic heterocycles. The Morgan fingerprint density at radius 1 is 1.05 bits per heavy atom. The van der Waals surface area contributed by atoms with Gasteiger partial charge < -0.3 is 0 Å². The number of aryl methyl sites for hydroxylation is 1. The maximum Gasteiger partial charge on any atom is 0.0167 e. The summed E-state index contributed by atoms with van der Waals surface area (Å²) < 4.78 is 0. The predicted octanol–water partition coefficient (Wildman–Crippen LogP) is 6.62. The van der Waals surface area contributed by atoms with Gasteiger partial charge in [0.05, 0.1) is 0 Å². The van der Waals surface area contributed by atoms with E-state index in [1.165, 1.54) is 27.1 Å². The van der Waals surface area contributed by atoms with E-state index >= 15 is 0 Å². The van der Waals surface area contributed by atoms with Gasteiger partial charge in [-0.2, -0.15) is 0 Å². The van der Waals surface area contributed by atoms with Gasteiger partial charge in [-0.05, 0) is 34.9 Å². The Hall–Kier alpha value is -1.34. The lowest BCUT2D eigenvalue weighted by Gasteiger charge is -2.19. The molecule has 1 aromatic carbocycles. The van der Waals surface area contributed by atoms with Crippen LogP contribution in [0.5, 0.6) is 0 Å². The van der Waals surface area contributed by atoms with Gasteiger partial charge in [0.1, 0.15) is 0 Å². The molecule has 3 rings (SSSR count). The third-order valence-corrected chi connectivity index (χ3v) is 5.79. The minimum absolute atomic E-state index is 0.217. The molecule has 1 aliphatic carbocycles. The second-order valence-corrected chi connectivity index (χ2v) is 9.06. The highest BCUT2D eigenvalue weighted by molar-refractivity contribution is 7.12. The van der Waals surface area contributed by atoms with Crippen LogP contribution in [0.25, 0.3) is 17.2 Å². The van der Waals surface area contributed by atoms with E-state index in [0.717, 1.165) is 6.42 Å². The summed E-state index contributed by atoms with van der Waals surface area (Å²) in [7, 11) is 0. The molecular formula is C21H26S. The highest BCUT2D eigenvalue weighted by atomic mass is 32.1. The van der Waals surface area contributed by atoms with Gasteiger partial charge in [-0.25, -0.2) is 0 Å². The van der Waals surface area contributed by atoms with Crippen LogP contribution in [0.2, 0.25) is 0 Å². The molecule has 0 bridgehead atoms. The topological polar surface area (TPSA) is 0 Å². The molecule has 116 valence electrons. The number of hydrogen-bond acceptors (Lipinski definition) is 1. The smallest absolute Gasteiger partial charge is 0.0167 e. The lowest BCUT2D eigenvalue weighted by molar-refractivity contribution is 0.590. The molecule has 0 N–H and O–H groups in total. The van der Waals surface area contributed by atoms with Crippen molar-refractivity contribution in [2.75, 3.05) is 0 Å². The van der Waals surface area contributed by atoms with Crippen molar-refractivity contribution in [2.45, 2.75) is 53.4 Å². The largest absolute Gasteiger partial charge is 0.144 e. The van der Waals surface area contributed by atoms with Gasteiger partial charge in [0, 0.05) is 21.7 Å². The monoisotopic (exact) mass is 310 g/mol. The van der Waals surface area contributed by atoms with Crippen molar-refractivity contribution in [1.29, 1.82) is 0 Å². The lowest BCUT2D eigenvalue weighted by Crippen LogP contribution is -2.10. The van der Waals surface area contributed by atoms with E-state index < -0.39 is 0 Å². The minimum Gasteiger partial charge on any atom is -0.144 e. The van der Waals surface area contributed by atoms with Gasteiger partial charge >= 0.3 is 0 Å². The molecule has 0 amide bonds. The van der Waals surface area contributed by atoms with Crippen LogP contribution >= 0.6 is 11.3 Å². The molecule has 0 atom stereocenters. The molecule has 0 unspecified atom stereocenters. The van der Waals surface area contributed by atoms with E-state index in [4.69, 9.17) is 0 Å². The van der Waals surface area contributed by atoms with E-state index in [2.05, 4.69) is 71.9 Å². The first-order chi connectivity index (χ1) is 10.3. The van der Waals surface area contributed by atoms with Gasteiger partial charge in [0.15, 0.2) is 0 Å². The van der Waals surface area contributed by atoms with Crippen molar-refractivity contribution in [3.63, 3.8) is 0 Å². The number of fused-ring (bicyclic) bond motifs is 1. The van der Waals surface area contributed by atoms with Crippen LogP contribution in [0.15, 0.2) is 29.8 Å². The van der Waals surface area contributed by atoms with E-state index in [9.17, 15) is 0 Å². The zero-order chi connectivity index (χ0) is 16.1. The summed E-state index contributed by atoms with van der Waals surface area (Å²) in [4.78, 5) is 3.00. The van der Waals surface area contributed by atoms with Gasteiger partial charge in [-0.15, -0.1) is 11.3 Å². The molecule has 0 saturated carbocycles. The number of thiophene rings is 1. The molecule has 0 radical (unpaired) electrons. The van der Waals surface area contributed by atoms with Crippen molar-refractivity contribution in [3.05, 3.63) is 50.7 Å². The molecule has 22 heavy (non-hydrogen) atoms. The van der Waals surface area contributed by atoms with E-state index in [1.807, 2.05) is 11.3 Å². The summed E-state index contributed by atoms with van der Waals surface area (Å²) in [5.74, 6) is 0.649. The van der Waals surface area contributed by atoms with E-state index in [0.29, 0.717) is 5.92 Å². The summed E-state index contributed by atoms with van der Waals surface area (Å²) in [6, 6.07) is 9.19. The second-order valence-electron chi connectivity index (χ2n) is 7.75. The van der Waals surface area contributed by atoms with E-state index in [1.54, 1.807) is 10.5 Å². The molecule has 0 fully saturated rings. The maximum atomic E-state index is 2.44. The average Bonchev–Trinajstić information content (AvgIpc) is 2.94. The fraction of sp³-hybridized carbons (Fsp3) is 0.429. The Balaban J connectivity index is 2.04. The fourth-order valence-electron chi connectivity index (χ4n) is 3.19. The average molecular weight is 311 g/mol. The normalized spacial score (nSPS) is 14.4. The molecule has 1 heterocycles. The third kappa shape index (κ3) is 2.67. The molecule has 1 aromatic heterocycles. The molecule has 0 nitrogen and oxygen atoms in total. The zero-order valence-corrected chi connectivity index (χ0v) is 15.4. The van der Waals surface area contributed by atoms with Gasteiger partial charge in [0.25, 0.3) is 0 Å². The molecule has 2 aromatic rings. The lowest BCUT2D eigenvalue weighted by atomic mass is 9.86. The highest BCUT2D eigenvalue weighted by Gasteiger charge is 2.23. The van der Waals surface area contributed by atoms with Crippen LogP contribution in [-0.2, 0) is 11.8 Å². The predicted molar refractivity (Wildman–Crippen MR) is 99.7 cm³/mol. The van der Waals surface area contributed by atoms with Crippen molar-refractivity contribution in [2.24, 2.45) is 5.92 Å². The highest BCUT2D eigenvalue weighted by Crippen LogP contribution is 2.43. The van der Waals surface area contributed by atoms with Gasteiger partial charge in [0.2, 0.25) is 0 Å². The number of rotatable bonds is 2. The van der Waals surface area contributed by atoms with Crippen molar-refractivity contribution < 1.29 is 0 Å². The van der Waals surface area contributed by atoms with Crippen LogP contribution in [0, 0.1) is 12.8 Å². The maximum absolute atomic E-state index is 2.44. The Bertz CT molecular complexity index is 719. The summed E-state index contributed by atoms with van der Waals surface area (Å²) >= 11 is 1.98. The second kappa shape index (κ2) is 5.38. The minimum atomic E-state index is 0.217. The molecule has 1 heteroatoms. The van der Waals surface area contributed by atoms with Gasteiger partial charge in [-0.3, -0.25) is 0 Å². The molecule has 0 spiro atoms. The van der Waals surface area contributed by atoms with Crippen LogP contribution in [0.4, 0.5) is 0 Å². The van der Waals surface area contributed by atoms with Gasteiger partial charge in [-0.1, -0.05) is 70.5 Å². The van der Waals surface area contributed by atoms with Crippen molar-refractivity contribution in [3.8, 4) is 11.1 Å². The summed E-state index contributed by atoms with van der Waals surface area (Å²) in [6.07, 6.45) is 3.59. The summed E-state index contributed by atoms with van der Waals surface area (Å²) in [6.45, 7) is 13.7. The molecular weight excluding hydrogens is 284 g/mol. The first kappa shape index (κ1) is 15.6. The Labute approximate surface area is 138 Å². The quantitative estimate of drug-likeness (QED) is 0.585. The third-order valence-electron chi connectivity index (χ3n) is 4.67. The van der Waals surface area contributed by atoms with Crippen molar-refractivity contribution >= 4 is 17.4 Å². The van der Waals surface area contributed by atoms with Crippen LogP contribution in [-0.4, -0.2) is 0 Å². The number of hydrogen-bond donors (Lipinski definition) is 0. The first-order valence-electron chi connectivity index (χ1n) is 8.21. The van der Waals surface area contributed by atoms with E-state index in [-0.39, 0.29) is 5.41 Å². The SMILES string of the molecule is Cc1sc2c(c1-c1ccc(C(C)(C)C)cc1)C=C(C(C)C)C2.